The number of halogens is 2. The van der Waals surface area contributed by atoms with Crippen LogP contribution in [0.1, 0.15) is 36.1 Å². The first kappa shape index (κ1) is 26.1. The summed E-state index contributed by atoms with van der Waals surface area (Å²) in [5.74, 6) is 0.501. The van der Waals surface area contributed by atoms with Crippen LogP contribution in [0.25, 0.3) is 0 Å². The maximum atomic E-state index is 13.4. The lowest BCUT2D eigenvalue weighted by Crippen LogP contribution is -2.48. The fourth-order valence-corrected chi connectivity index (χ4v) is 4.95. The standard InChI is InChI=1S/C29H33ClFN3O2/c1-22-15-26(11-12-27(22)30)36-21-29(16-28(35)33(2)18-23-7-4-3-5-8-23)13-6-14-34(20-29)19-25-10-9-24(31)17-32-25/h3-5,7-12,15,17H,6,13-14,16,18-21H2,1-2H3. The number of hydrogen-bond acceptors (Lipinski definition) is 4. The van der Waals surface area contributed by atoms with Gasteiger partial charge in [0.1, 0.15) is 11.6 Å². The molecule has 0 spiro atoms. The molecule has 1 unspecified atom stereocenters. The van der Waals surface area contributed by atoms with Crippen molar-refractivity contribution in [1.82, 2.24) is 14.8 Å². The predicted octanol–water partition coefficient (Wildman–Crippen LogP) is 5.89. The van der Waals surface area contributed by atoms with E-state index in [-0.39, 0.29) is 17.1 Å². The average molecular weight is 510 g/mol. The lowest BCUT2D eigenvalue weighted by Gasteiger charge is -2.42. The molecule has 2 aromatic carbocycles. The van der Waals surface area contributed by atoms with E-state index >= 15 is 0 Å². The van der Waals surface area contributed by atoms with Crippen LogP contribution in [0.4, 0.5) is 4.39 Å². The molecular weight excluding hydrogens is 477 g/mol. The number of aryl methyl sites for hydroxylation is 1. The van der Waals surface area contributed by atoms with Gasteiger partial charge in [0.15, 0.2) is 0 Å². The first-order valence-electron chi connectivity index (χ1n) is 12.3. The highest BCUT2D eigenvalue weighted by Gasteiger charge is 2.39. The summed E-state index contributed by atoms with van der Waals surface area (Å²) in [6.45, 7) is 5.14. The van der Waals surface area contributed by atoms with Crippen molar-refractivity contribution >= 4 is 17.5 Å². The van der Waals surface area contributed by atoms with E-state index in [1.807, 2.05) is 62.5 Å². The molecule has 0 saturated carbocycles. The molecule has 0 N–H and O–H groups in total. The van der Waals surface area contributed by atoms with Gasteiger partial charge >= 0.3 is 0 Å². The topological polar surface area (TPSA) is 45.7 Å². The fourth-order valence-electron chi connectivity index (χ4n) is 4.83. The van der Waals surface area contributed by atoms with Gasteiger partial charge in [0.2, 0.25) is 5.91 Å². The van der Waals surface area contributed by atoms with Crippen LogP contribution in [0.3, 0.4) is 0 Å². The van der Waals surface area contributed by atoms with E-state index in [4.69, 9.17) is 16.3 Å². The van der Waals surface area contributed by atoms with Crippen molar-refractivity contribution in [3.8, 4) is 5.75 Å². The zero-order chi connectivity index (χ0) is 25.5. The molecule has 1 saturated heterocycles. The number of hydrogen-bond donors (Lipinski definition) is 0. The normalized spacial score (nSPS) is 18.1. The van der Waals surface area contributed by atoms with Gasteiger partial charge in [0.05, 0.1) is 18.5 Å². The Kier molecular flexibility index (Phi) is 8.60. The van der Waals surface area contributed by atoms with Crippen molar-refractivity contribution < 1.29 is 13.9 Å². The third-order valence-corrected chi connectivity index (χ3v) is 7.23. The summed E-state index contributed by atoms with van der Waals surface area (Å²) in [5.41, 5.74) is 2.51. The third kappa shape index (κ3) is 7.05. The first-order valence-corrected chi connectivity index (χ1v) is 12.7. The summed E-state index contributed by atoms with van der Waals surface area (Å²) in [6.07, 6.45) is 3.47. The molecule has 7 heteroatoms. The summed E-state index contributed by atoms with van der Waals surface area (Å²) in [6, 6.07) is 18.8. The highest BCUT2D eigenvalue weighted by atomic mass is 35.5. The molecule has 1 aromatic heterocycles. The van der Waals surface area contributed by atoms with Crippen molar-refractivity contribution in [2.24, 2.45) is 5.41 Å². The van der Waals surface area contributed by atoms with Crippen molar-refractivity contribution in [2.75, 3.05) is 26.7 Å². The molecule has 0 bridgehead atoms. The van der Waals surface area contributed by atoms with E-state index in [1.54, 1.807) is 11.0 Å². The summed E-state index contributed by atoms with van der Waals surface area (Å²) in [5, 5.41) is 0.699. The zero-order valence-electron chi connectivity index (χ0n) is 20.9. The van der Waals surface area contributed by atoms with Crippen LogP contribution in [-0.2, 0) is 17.9 Å². The second-order valence-corrected chi connectivity index (χ2v) is 10.3. The van der Waals surface area contributed by atoms with Crippen molar-refractivity contribution in [3.63, 3.8) is 0 Å². The van der Waals surface area contributed by atoms with Gasteiger partial charge in [-0.15, -0.1) is 0 Å². The lowest BCUT2D eigenvalue weighted by molar-refractivity contribution is -0.135. The Balaban J connectivity index is 1.49. The largest absolute Gasteiger partial charge is 0.493 e. The molecule has 1 atom stereocenters. The van der Waals surface area contributed by atoms with Crippen LogP contribution in [0.2, 0.25) is 5.02 Å². The summed E-state index contributed by atoms with van der Waals surface area (Å²) >= 11 is 6.19. The number of benzene rings is 2. The number of pyridine rings is 1. The Morgan fingerprint density at radius 1 is 1.19 bits per heavy atom. The van der Waals surface area contributed by atoms with Gasteiger partial charge in [-0.1, -0.05) is 41.9 Å². The van der Waals surface area contributed by atoms with E-state index in [9.17, 15) is 9.18 Å². The molecule has 2 heterocycles. The molecule has 36 heavy (non-hydrogen) atoms. The van der Waals surface area contributed by atoms with Crippen LogP contribution in [-0.4, -0.2) is 47.4 Å². The second kappa shape index (κ2) is 11.8. The minimum absolute atomic E-state index is 0.0940. The smallest absolute Gasteiger partial charge is 0.223 e. The van der Waals surface area contributed by atoms with Gasteiger partial charge in [-0.25, -0.2) is 4.39 Å². The van der Waals surface area contributed by atoms with Crippen molar-refractivity contribution in [3.05, 3.63) is 94.5 Å². The Hall–Kier alpha value is -2.96. The number of nitrogens with zero attached hydrogens (tertiary/aromatic N) is 3. The van der Waals surface area contributed by atoms with Crippen molar-refractivity contribution in [1.29, 1.82) is 0 Å². The lowest BCUT2D eigenvalue weighted by atomic mass is 9.77. The van der Waals surface area contributed by atoms with Gasteiger partial charge in [0, 0.05) is 43.5 Å². The van der Waals surface area contributed by atoms with E-state index in [1.165, 1.54) is 12.3 Å². The van der Waals surface area contributed by atoms with Gasteiger partial charge in [-0.05, 0) is 67.8 Å². The molecule has 1 aliphatic rings. The molecule has 3 aromatic rings. The van der Waals surface area contributed by atoms with Crippen molar-refractivity contribution in [2.45, 2.75) is 39.3 Å². The summed E-state index contributed by atoms with van der Waals surface area (Å²) in [4.78, 5) is 21.7. The second-order valence-electron chi connectivity index (χ2n) is 9.89. The molecule has 5 nitrogen and oxygen atoms in total. The Bertz CT molecular complexity index is 1160. The summed E-state index contributed by atoms with van der Waals surface area (Å²) in [7, 11) is 1.86. The number of piperidine rings is 1. The first-order chi connectivity index (χ1) is 17.3. The van der Waals surface area contributed by atoms with E-state index in [0.29, 0.717) is 37.7 Å². The van der Waals surface area contributed by atoms with Gasteiger partial charge in [0.25, 0.3) is 0 Å². The maximum Gasteiger partial charge on any atom is 0.223 e. The SMILES string of the molecule is Cc1cc(OCC2(CC(=O)N(C)Cc3ccccc3)CCCN(Cc3ccc(F)cn3)C2)ccc1Cl. The molecule has 4 rings (SSSR count). The number of ether oxygens (including phenoxy) is 1. The summed E-state index contributed by atoms with van der Waals surface area (Å²) < 4.78 is 19.6. The minimum atomic E-state index is -0.353. The number of likely N-dealkylation sites (tertiary alicyclic amines) is 1. The molecule has 1 amide bonds. The van der Waals surface area contributed by atoms with E-state index in [0.717, 1.165) is 42.0 Å². The molecule has 0 aliphatic carbocycles. The monoisotopic (exact) mass is 509 g/mol. The van der Waals surface area contributed by atoms with Crippen LogP contribution in [0.15, 0.2) is 66.9 Å². The highest BCUT2D eigenvalue weighted by Crippen LogP contribution is 2.36. The van der Waals surface area contributed by atoms with Gasteiger partial charge in [-0.2, -0.15) is 0 Å². The number of carbonyl (C=O) groups excluding carboxylic acids is 1. The number of rotatable bonds is 9. The maximum absolute atomic E-state index is 13.4. The molecule has 0 radical (unpaired) electrons. The Morgan fingerprint density at radius 3 is 2.72 bits per heavy atom. The Labute approximate surface area is 217 Å². The molecule has 190 valence electrons. The van der Waals surface area contributed by atoms with Crippen LogP contribution in [0.5, 0.6) is 5.75 Å². The zero-order valence-corrected chi connectivity index (χ0v) is 21.7. The Morgan fingerprint density at radius 2 is 2.00 bits per heavy atom. The number of amides is 1. The van der Waals surface area contributed by atoms with E-state index in [2.05, 4.69) is 9.88 Å². The number of carbonyl (C=O) groups is 1. The minimum Gasteiger partial charge on any atom is -0.493 e. The van der Waals surface area contributed by atoms with Gasteiger partial charge in [-0.3, -0.25) is 14.7 Å². The highest BCUT2D eigenvalue weighted by molar-refractivity contribution is 6.31. The quantitative estimate of drug-likeness (QED) is 0.360. The van der Waals surface area contributed by atoms with Crippen LogP contribution >= 0.6 is 11.6 Å². The molecule has 1 aliphatic heterocycles. The third-order valence-electron chi connectivity index (χ3n) is 6.80. The average Bonchev–Trinajstić information content (AvgIpc) is 2.87. The van der Waals surface area contributed by atoms with Gasteiger partial charge < -0.3 is 9.64 Å². The molecule has 1 fully saturated rings. The van der Waals surface area contributed by atoms with E-state index < -0.39 is 0 Å². The molecular formula is C29H33ClFN3O2. The number of aromatic nitrogens is 1. The van der Waals surface area contributed by atoms with Crippen LogP contribution < -0.4 is 4.74 Å². The van der Waals surface area contributed by atoms with Crippen LogP contribution in [0, 0.1) is 18.2 Å². The predicted molar refractivity (Wildman–Crippen MR) is 140 cm³/mol. The fraction of sp³-hybridized carbons (Fsp3) is 0.379.